The van der Waals surface area contributed by atoms with Crippen LogP contribution in [0.2, 0.25) is 0 Å². The largest absolute Gasteiger partial charge is 0.455 e. The number of nitrogens with zero attached hydrogens (tertiary/aromatic N) is 3. The molecule has 0 atom stereocenters. The summed E-state index contributed by atoms with van der Waals surface area (Å²) in [6, 6.07) is 63.9. The number of rotatable bonds is 7. The minimum absolute atomic E-state index is 0.109. The van der Waals surface area contributed by atoms with Crippen LogP contribution in [0, 0.1) is 26.7 Å². The maximum absolute atomic E-state index is 9.11. The number of benzene rings is 9. The van der Waals surface area contributed by atoms with Crippen molar-refractivity contribution in [3.8, 4) is 33.8 Å². The molecule has 2 aliphatic carbocycles. The first-order valence-electron chi connectivity index (χ1n) is 34.4. The predicted molar refractivity (Wildman–Crippen MR) is 373 cm³/mol. The average molecular weight is 1180 g/mol. The molecular weight excluding hydrogens is 1100 g/mol. The van der Waals surface area contributed by atoms with Gasteiger partial charge in [0.15, 0.2) is 18.6 Å². The summed E-state index contributed by atoms with van der Waals surface area (Å²) in [4.78, 5) is 0. The van der Waals surface area contributed by atoms with Crippen LogP contribution in [-0.4, -0.2) is 0 Å². The monoisotopic (exact) mass is 1180 g/mol. The highest BCUT2D eigenvalue weighted by atomic mass is 16.3. The van der Waals surface area contributed by atoms with Gasteiger partial charge in [0.05, 0.1) is 0 Å². The minimum atomic E-state index is -1.39. The van der Waals surface area contributed by atoms with Crippen LogP contribution in [0.5, 0.6) is 0 Å². The van der Waals surface area contributed by atoms with E-state index < -0.39 is 18.2 Å². The number of aromatic nitrogens is 3. The smallest absolute Gasteiger partial charge is 0.212 e. The molecule has 0 N–H and O–H groups in total. The molecule has 0 bridgehead atoms. The summed E-state index contributed by atoms with van der Waals surface area (Å²) in [5.41, 5.74) is 18.9. The molecule has 15 aromatic rings. The van der Waals surface area contributed by atoms with Gasteiger partial charge in [0.1, 0.15) is 54.6 Å². The van der Waals surface area contributed by atoms with E-state index in [0.29, 0.717) is 5.56 Å². The van der Waals surface area contributed by atoms with Gasteiger partial charge >= 0.3 is 0 Å². The van der Waals surface area contributed by atoms with Gasteiger partial charge in [-0.3, -0.25) is 0 Å². The average Bonchev–Trinajstić information content (AvgIpc) is 1.55. The Morgan fingerprint density at radius 1 is 0.389 bits per heavy atom. The summed E-state index contributed by atoms with van der Waals surface area (Å²) < 4.78 is 60.6. The highest BCUT2D eigenvalue weighted by molar-refractivity contribution is 6.18. The van der Waals surface area contributed by atoms with E-state index in [1.54, 1.807) is 0 Å². The molecule has 0 saturated heterocycles. The molecule has 6 heterocycles. The van der Waals surface area contributed by atoms with Crippen molar-refractivity contribution in [2.24, 2.45) is 27.1 Å². The van der Waals surface area contributed by atoms with Gasteiger partial charge < -0.3 is 13.3 Å². The molecule has 9 aromatic carbocycles. The molecule has 2 saturated carbocycles. The van der Waals surface area contributed by atoms with Gasteiger partial charge in [-0.25, -0.2) is 13.7 Å². The van der Waals surface area contributed by atoms with Crippen LogP contribution in [0.4, 0.5) is 0 Å². The Kier molecular flexibility index (Phi) is 13.7. The quantitative estimate of drug-likeness (QED) is 0.149. The third kappa shape index (κ3) is 10.5. The van der Waals surface area contributed by atoms with Crippen molar-refractivity contribution >= 4 is 98.1 Å². The summed E-state index contributed by atoms with van der Waals surface area (Å²) >= 11 is 0. The van der Waals surface area contributed by atoms with E-state index in [1.807, 2.05) is 51.4 Å². The molecule has 0 spiro atoms. The SMILES string of the molecule is [2H]C([2H])(c1cc[n+](C)c(-c2cc3c(cc2C)oc2c4ccccc4ccc32)c1)C(C)C.[2H]C1(c2cc[n+](C)c(-c3cc4c(cc3C)oc3c5ccccc5ccc43)c2)CCCC1.[2H]C1(c2cc[n+](C)c(-c3cc4c(cc3C)oc3c5ccccc5ccc43)c2)CCCCC1. The van der Waals surface area contributed by atoms with Crippen LogP contribution in [0.3, 0.4) is 0 Å². The van der Waals surface area contributed by atoms with Gasteiger partial charge in [-0.15, -0.1) is 0 Å². The first kappa shape index (κ1) is 52.5. The Labute approximate surface area is 533 Å². The normalized spacial score (nSPS) is 15.6. The summed E-state index contributed by atoms with van der Waals surface area (Å²) in [5.74, 6) is -1.01. The molecule has 446 valence electrons. The molecule has 0 unspecified atom stereocenters. The second kappa shape index (κ2) is 23.5. The van der Waals surface area contributed by atoms with Crippen LogP contribution in [-0.2, 0) is 27.5 Å². The fourth-order valence-electron chi connectivity index (χ4n) is 14.5. The van der Waals surface area contributed by atoms with Crippen molar-refractivity contribution in [3.05, 3.63) is 234 Å². The summed E-state index contributed by atoms with van der Waals surface area (Å²) in [6.45, 7) is 10.2. The second-order valence-electron chi connectivity index (χ2n) is 25.8. The fraction of sp³-hybridized carbons (Fsp3) is 0.250. The van der Waals surface area contributed by atoms with E-state index in [9.17, 15) is 0 Å². The van der Waals surface area contributed by atoms with Crippen LogP contribution < -0.4 is 13.7 Å². The lowest BCUT2D eigenvalue weighted by atomic mass is 9.84. The van der Waals surface area contributed by atoms with Gasteiger partial charge in [0, 0.05) is 107 Å². The maximum atomic E-state index is 9.11. The van der Waals surface area contributed by atoms with E-state index in [2.05, 4.69) is 219 Å². The van der Waals surface area contributed by atoms with E-state index in [1.165, 1.54) is 44.8 Å². The van der Waals surface area contributed by atoms with Gasteiger partial charge in [0.2, 0.25) is 17.1 Å². The maximum Gasteiger partial charge on any atom is 0.212 e. The lowest BCUT2D eigenvalue weighted by Gasteiger charge is -2.21. The Balaban J connectivity index is 0.000000116. The Morgan fingerprint density at radius 3 is 1.11 bits per heavy atom. The van der Waals surface area contributed by atoms with Crippen LogP contribution in [0.15, 0.2) is 214 Å². The Hall–Kier alpha value is -9.39. The molecule has 90 heavy (non-hydrogen) atoms. The zero-order chi connectivity index (χ0) is 64.9. The van der Waals surface area contributed by atoms with Gasteiger partial charge in [0.25, 0.3) is 0 Å². The third-order valence-electron chi connectivity index (χ3n) is 19.3. The molecule has 0 radical (unpaired) electrons. The van der Waals surface area contributed by atoms with Crippen molar-refractivity contribution < 1.29 is 32.4 Å². The van der Waals surface area contributed by atoms with Crippen molar-refractivity contribution in [3.63, 3.8) is 0 Å². The number of hydrogen-bond acceptors (Lipinski definition) is 3. The number of aryl methyl sites for hydroxylation is 6. The van der Waals surface area contributed by atoms with Crippen molar-refractivity contribution in [2.75, 3.05) is 0 Å². The molecule has 17 rings (SSSR count). The Morgan fingerprint density at radius 2 is 0.733 bits per heavy atom. The first-order valence-corrected chi connectivity index (χ1v) is 32.4. The van der Waals surface area contributed by atoms with E-state index in [4.69, 9.17) is 18.7 Å². The molecule has 0 aliphatic heterocycles. The minimum Gasteiger partial charge on any atom is -0.455 e. The molecule has 2 fully saturated rings. The van der Waals surface area contributed by atoms with Crippen LogP contribution >= 0.6 is 0 Å². The summed E-state index contributed by atoms with van der Waals surface area (Å²) in [7, 11) is 6.20. The first-order chi connectivity index (χ1) is 45.3. The number of furan rings is 3. The summed E-state index contributed by atoms with van der Waals surface area (Å²) in [5, 5.41) is 13.8. The van der Waals surface area contributed by atoms with Crippen LogP contribution in [0.25, 0.3) is 132 Å². The Bertz CT molecular complexity index is 5300. The van der Waals surface area contributed by atoms with Gasteiger partial charge in [-0.1, -0.05) is 137 Å². The number of pyridine rings is 3. The van der Waals surface area contributed by atoms with Crippen molar-refractivity contribution in [2.45, 2.75) is 111 Å². The lowest BCUT2D eigenvalue weighted by Crippen LogP contribution is -2.31. The molecule has 2 aliphatic rings. The second-order valence-corrected chi connectivity index (χ2v) is 25.8. The lowest BCUT2D eigenvalue weighted by molar-refractivity contribution is -0.660. The number of fused-ring (bicyclic) bond motifs is 15. The number of hydrogen-bond donors (Lipinski definition) is 0. The molecule has 6 nitrogen and oxygen atoms in total. The van der Waals surface area contributed by atoms with Crippen molar-refractivity contribution in [1.82, 2.24) is 0 Å². The van der Waals surface area contributed by atoms with Gasteiger partial charge in [-0.2, -0.15) is 0 Å². The molecule has 6 aromatic heterocycles. The highest BCUT2D eigenvalue weighted by Gasteiger charge is 2.26. The van der Waals surface area contributed by atoms with Crippen molar-refractivity contribution in [1.29, 1.82) is 0 Å². The molecule has 6 heteroatoms. The third-order valence-corrected chi connectivity index (χ3v) is 19.3. The predicted octanol–water partition coefficient (Wildman–Crippen LogP) is 21.5. The standard InChI is InChI=1S/C29H28NO.C28H26NO.C27H26NO/c1-19-16-28-26(24-13-12-21-10-6-7-11-23(21)29(24)31-28)18-25(19)27-17-22(14-15-30(27)2)20-8-4-3-5-9-20;1-18-15-27-25(23-12-11-20-9-5-6-10-22(20)28(23)30-27)17-24(18)26-16-21(13-14-29(26)2)19-7-3-4-8-19;1-17(2)13-19-11-12-28(4)25(15-19)23-16-24-22-10-9-20-7-5-6-8-21(20)27(22)29-26(24)14-18(23)3/h6-7,10-18,20H,3-5,8-9H2,1-2H3;5-6,9-17,19H,3-4,7-8H2,1-2H3;5-12,14-17H,13H2,1-4H3/q3*+1/i20D;19D;13D2. The molecular formula is C84H80N3O3+3. The highest BCUT2D eigenvalue weighted by Crippen LogP contribution is 2.43. The summed E-state index contributed by atoms with van der Waals surface area (Å²) in [6.07, 6.45) is 14.5. The van der Waals surface area contributed by atoms with E-state index in [-0.39, 0.29) is 5.92 Å². The van der Waals surface area contributed by atoms with Gasteiger partial charge in [-0.05, 0) is 175 Å². The zero-order valence-corrected chi connectivity index (χ0v) is 53.1. The fourth-order valence-corrected chi connectivity index (χ4v) is 14.5. The van der Waals surface area contributed by atoms with E-state index in [0.717, 1.165) is 173 Å². The van der Waals surface area contributed by atoms with E-state index >= 15 is 0 Å². The topological polar surface area (TPSA) is 51.1 Å². The zero-order valence-electron chi connectivity index (χ0n) is 57.1. The molecule has 0 amide bonds. The van der Waals surface area contributed by atoms with Crippen LogP contribution in [0.1, 0.15) is 122 Å².